The van der Waals surface area contributed by atoms with Crippen molar-refractivity contribution in [3.05, 3.63) is 23.3 Å². The second-order valence-electron chi connectivity index (χ2n) is 7.60. The topological polar surface area (TPSA) is 93.1 Å². The van der Waals surface area contributed by atoms with E-state index in [0.29, 0.717) is 48.2 Å². The average Bonchev–Trinajstić information content (AvgIpc) is 3.06. The fraction of sp³-hybridized carbons (Fsp3) is 0.636. The van der Waals surface area contributed by atoms with Gasteiger partial charge < -0.3 is 19.7 Å². The lowest BCUT2D eigenvalue weighted by atomic mass is 10.0. The molecule has 1 heterocycles. The molecule has 0 aliphatic carbocycles. The third-order valence-corrected chi connectivity index (χ3v) is 7.78. The van der Waals surface area contributed by atoms with Crippen molar-refractivity contribution >= 4 is 35.3 Å². The van der Waals surface area contributed by atoms with E-state index in [2.05, 4.69) is 0 Å². The molecule has 1 aromatic rings. The molecule has 1 aliphatic heterocycles. The summed E-state index contributed by atoms with van der Waals surface area (Å²) < 4.78 is 11.7. The Labute approximate surface area is 187 Å². The molecule has 0 bridgehead atoms. The van der Waals surface area contributed by atoms with Crippen LogP contribution in [0.25, 0.3) is 0 Å². The van der Waals surface area contributed by atoms with Gasteiger partial charge in [0.05, 0.1) is 18.8 Å². The molecule has 168 valence electrons. The summed E-state index contributed by atoms with van der Waals surface area (Å²) in [7, 11) is 0. The average molecular weight is 457 g/mol. The maximum Gasteiger partial charge on any atom is 0.303 e. The van der Waals surface area contributed by atoms with Gasteiger partial charge in [-0.05, 0) is 51.0 Å². The molecule has 6 nitrogen and oxygen atoms in total. The third kappa shape index (κ3) is 7.39. The van der Waals surface area contributed by atoms with Gasteiger partial charge in [-0.1, -0.05) is 13.3 Å². The van der Waals surface area contributed by atoms with Crippen molar-refractivity contribution in [1.29, 1.82) is 0 Å². The van der Waals surface area contributed by atoms with Crippen LogP contribution in [0, 0.1) is 0 Å². The molecule has 8 heteroatoms. The minimum Gasteiger partial charge on any atom is -0.507 e. The maximum absolute atomic E-state index is 11.6. The fourth-order valence-electron chi connectivity index (χ4n) is 3.32. The van der Waals surface area contributed by atoms with Crippen LogP contribution in [0.4, 0.5) is 0 Å². The summed E-state index contributed by atoms with van der Waals surface area (Å²) in [6.45, 7) is 6.65. The number of hydrogen-bond donors (Lipinski definition) is 2. The Bertz CT molecular complexity index is 739. The van der Waals surface area contributed by atoms with Gasteiger partial charge in [-0.2, -0.15) is 11.8 Å². The third-order valence-electron chi connectivity index (χ3n) is 4.90. The number of phenolic OH excluding ortho intramolecular Hbond substituents is 1. The molecule has 1 saturated heterocycles. The first-order valence-corrected chi connectivity index (χ1v) is 12.4. The van der Waals surface area contributed by atoms with Gasteiger partial charge in [-0.3, -0.25) is 9.59 Å². The minimum absolute atomic E-state index is 0.0421. The Morgan fingerprint density at radius 3 is 2.83 bits per heavy atom. The molecule has 2 atom stereocenters. The van der Waals surface area contributed by atoms with Crippen LogP contribution in [0.3, 0.4) is 0 Å². The van der Waals surface area contributed by atoms with Crippen LogP contribution in [-0.4, -0.2) is 56.9 Å². The first-order valence-electron chi connectivity index (χ1n) is 10.4. The number of ketones is 1. The number of rotatable bonds is 13. The molecule has 0 unspecified atom stereocenters. The van der Waals surface area contributed by atoms with Gasteiger partial charge in [0.2, 0.25) is 0 Å². The number of ether oxygens (including phenoxy) is 2. The quantitative estimate of drug-likeness (QED) is 0.324. The zero-order valence-corrected chi connectivity index (χ0v) is 19.6. The number of carbonyl (C=O) groups is 2. The number of thioether (sulfide) groups is 2. The Hall–Kier alpha value is -1.38. The molecule has 2 N–H and O–H groups in total. The number of aliphatic carboxylic acids is 1. The summed E-state index contributed by atoms with van der Waals surface area (Å²) >= 11 is 3.58. The zero-order valence-electron chi connectivity index (χ0n) is 17.9. The molecule has 0 spiro atoms. The van der Waals surface area contributed by atoms with Gasteiger partial charge >= 0.3 is 5.97 Å². The van der Waals surface area contributed by atoms with E-state index < -0.39 is 10.9 Å². The van der Waals surface area contributed by atoms with Crippen molar-refractivity contribution in [3.63, 3.8) is 0 Å². The Balaban J connectivity index is 1.72. The number of aromatic hydroxyl groups is 1. The normalized spacial score (nSPS) is 21.0. The molecule has 0 saturated carbocycles. The predicted octanol–water partition coefficient (Wildman–Crippen LogP) is 4.76. The highest BCUT2D eigenvalue weighted by Crippen LogP contribution is 2.42. The van der Waals surface area contributed by atoms with E-state index in [9.17, 15) is 14.7 Å². The number of carboxylic acid groups (broad SMARTS) is 1. The second kappa shape index (κ2) is 11.9. The van der Waals surface area contributed by atoms with Crippen molar-refractivity contribution in [2.45, 2.75) is 63.1 Å². The minimum atomic E-state index is -0.787. The number of phenols is 1. The molecular formula is C22H32O6S2. The molecule has 2 rings (SSSR count). The number of benzene rings is 1. The van der Waals surface area contributed by atoms with Crippen molar-refractivity contribution in [2.75, 3.05) is 24.7 Å². The van der Waals surface area contributed by atoms with E-state index in [4.69, 9.17) is 14.6 Å². The van der Waals surface area contributed by atoms with Gasteiger partial charge in [0.25, 0.3) is 0 Å². The Morgan fingerprint density at radius 2 is 2.17 bits per heavy atom. The van der Waals surface area contributed by atoms with Gasteiger partial charge in [-0.25, -0.2) is 0 Å². The standard InChI is InChI=1S/C22H32O6S2/c1-4-6-18-19(8-7-17(15(2)23)21(18)26)27-11-5-12-29-14-16-13-28-22(3,30-16)10-9-20(24)25/h7-8,16,26H,4-6,9-14H2,1-3H3,(H,24,25)/t16-,22-/m0/s1. The first-order chi connectivity index (χ1) is 14.3. The SMILES string of the molecule is CCCc1c(OCCCSC[C@@H]2CO[C@](C)(CCC(=O)O)S2)ccc(C(C)=O)c1O. The molecule has 1 aromatic carbocycles. The van der Waals surface area contributed by atoms with Gasteiger partial charge in [0, 0.05) is 23.0 Å². The molecule has 30 heavy (non-hydrogen) atoms. The summed E-state index contributed by atoms with van der Waals surface area (Å²) in [6.07, 6.45) is 3.05. The summed E-state index contributed by atoms with van der Waals surface area (Å²) in [6, 6.07) is 3.40. The molecule has 0 aromatic heterocycles. The highest BCUT2D eigenvalue weighted by molar-refractivity contribution is 8.04. The van der Waals surface area contributed by atoms with E-state index in [1.54, 1.807) is 23.9 Å². The van der Waals surface area contributed by atoms with Crippen LogP contribution in [0.5, 0.6) is 11.5 Å². The number of hydrogen-bond acceptors (Lipinski definition) is 7. The Kier molecular flexibility index (Phi) is 9.84. The van der Waals surface area contributed by atoms with Crippen LogP contribution < -0.4 is 4.74 Å². The van der Waals surface area contributed by atoms with Crippen LogP contribution in [0.15, 0.2) is 12.1 Å². The number of carboxylic acids is 1. The van der Waals surface area contributed by atoms with E-state index in [0.717, 1.165) is 24.3 Å². The Morgan fingerprint density at radius 1 is 1.40 bits per heavy atom. The summed E-state index contributed by atoms with van der Waals surface area (Å²) in [5.74, 6) is 1.66. The van der Waals surface area contributed by atoms with Crippen LogP contribution in [0.2, 0.25) is 0 Å². The van der Waals surface area contributed by atoms with Crippen LogP contribution in [0.1, 0.15) is 62.4 Å². The van der Waals surface area contributed by atoms with E-state index in [1.807, 2.05) is 25.6 Å². The van der Waals surface area contributed by atoms with E-state index in [-0.39, 0.29) is 18.0 Å². The zero-order chi connectivity index (χ0) is 22.1. The van der Waals surface area contributed by atoms with Gasteiger partial charge in [-0.15, -0.1) is 11.8 Å². The van der Waals surface area contributed by atoms with E-state index in [1.165, 1.54) is 6.92 Å². The van der Waals surface area contributed by atoms with Crippen molar-refractivity contribution in [1.82, 2.24) is 0 Å². The largest absolute Gasteiger partial charge is 0.507 e. The van der Waals surface area contributed by atoms with E-state index >= 15 is 0 Å². The highest BCUT2D eigenvalue weighted by atomic mass is 32.2. The summed E-state index contributed by atoms with van der Waals surface area (Å²) in [5.41, 5.74) is 1.05. The first kappa shape index (κ1) is 24.9. The molecule has 1 fully saturated rings. The summed E-state index contributed by atoms with van der Waals surface area (Å²) in [5, 5.41) is 19.6. The molecule has 0 radical (unpaired) electrons. The smallest absolute Gasteiger partial charge is 0.303 e. The fourth-order valence-corrected chi connectivity index (χ4v) is 5.93. The van der Waals surface area contributed by atoms with Gasteiger partial charge in [0.15, 0.2) is 5.78 Å². The number of Topliss-reactive ketones (excluding diaryl/α,β-unsaturated/α-hetero) is 1. The molecular weight excluding hydrogens is 424 g/mol. The molecule has 1 aliphatic rings. The predicted molar refractivity (Wildman–Crippen MR) is 122 cm³/mol. The summed E-state index contributed by atoms with van der Waals surface area (Å²) in [4.78, 5) is 22.0. The lowest BCUT2D eigenvalue weighted by Crippen LogP contribution is -2.20. The van der Waals surface area contributed by atoms with Crippen molar-refractivity contribution in [2.24, 2.45) is 0 Å². The van der Waals surface area contributed by atoms with Crippen molar-refractivity contribution in [3.8, 4) is 11.5 Å². The highest BCUT2D eigenvalue weighted by Gasteiger charge is 2.36. The maximum atomic E-state index is 11.6. The van der Waals surface area contributed by atoms with Crippen LogP contribution >= 0.6 is 23.5 Å². The lowest BCUT2D eigenvalue weighted by Gasteiger charge is -2.21. The van der Waals surface area contributed by atoms with Crippen LogP contribution in [-0.2, 0) is 16.0 Å². The van der Waals surface area contributed by atoms with Gasteiger partial charge in [0.1, 0.15) is 16.4 Å². The monoisotopic (exact) mass is 456 g/mol. The lowest BCUT2D eigenvalue weighted by molar-refractivity contribution is -0.137. The van der Waals surface area contributed by atoms with Crippen molar-refractivity contribution < 1.29 is 29.3 Å². The number of carbonyl (C=O) groups excluding carboxylic acids is 1. The molecule has 0 amide bonds. The second-order valence-corrected chi connectivity index (χ2v) is 10.5.